The van der Waals surface area contributed by atoms with Crippen LogP contribution in [0.5, 0.6) is 0 Å². The molecule has 3 aromatic rings. The van der Waals surface area contributed by atoms with Crippen molar-refractivity contribution in [3.8, 4) is 0 Å². The third kappa shape index (κ3) is 4.10. The first kappa shape index (κ1) is 17.2. The Morgan fingerprint density at radius 2 is 1.58 bits per heavy atom. The molecule has 4 rings (SSSR count). The van der Waals surface area contributed by atoms with E-state index in [0.717, 1.165) is 28.1 Å². The van der Waals surface area contributed by atoms with E-state index >= 15 is 0 Å². The molecular formula is C22H19NOS2. The predicted molar refractivity (Wildman–Crippen MR) is 111 cm³/mol. The molecule has 0 aliphatic carbocycles. The highest BCUT2D eigenvalue weighted by molar-refractivity contribution is 7.10. The SMILES string of the molecule is O=C1C(=Cc2ccccc2)CN(Cc2cccs2)CC1=Cc1cccs1. The first-order valence-electron chi connectivity index (χ1n) is 8.57. The first-order valence-corrected chi connectivity index (χ1v) is 10.3. The van der Waals surface area contributed by atoms with Gasteiger partial charge in [0.05, 0.1) is 0 Å². The summed E-state index contributed by atoms with van der Waals surface area (Å²) < 4.78 is 0. The van der Waals surface area contributed by atoms with Gasteiger partial charge in [-0.05, 0) is 40.6 Å². The number of Topliss-reactive ketones (excluding diaryl/α,β-unsaturated/α-hetero) is 1. The van der Waals surface area contributed by atoms with Crippen LogP contribution in [0.2, 0.25) is 0 Å². The Labute approximate surface area is 161 Å². The summed E-state index contributed by atoms with van der Waals surface area (Å²) >= 11 is 3.43. The normalized spacial score (nSPS) is 18.7. The van der Waals surface area contributed by atoms with Crippen molar-refractivity contribution >= 4 is 40.6 Å². The second kappa shape index (κ2) is 7.96. The number of likely N-dealkylation sites (tertiary alicyclic amines) is 1. The smallest absolute Gasteiger partial charge is 0.187 e. The number of rotatable bonds is 4. The van der Waals surface area contributed by atoms with Gasteiger partial charge in [0.2, 0.25) is 0 Å². The lowest BCUT2D eigenvalue weighted by Gasteiger charge is -2.29. The molecule has 0 bridgehead atoms. The Kier molecular flexibility index (Phi) is 5.25. The molecule has 2 nitrogen and oxygen atoms in total. The molecule has 1 fully saturated rings. The van der Waals surface area contributed by atoms with E-state index < -0.39 is 0 Å². The molecule has 1 saturated heterocycles. The summed E-state index contributed by atoms with van der Waals surface area (Å²) in [5.41, 5.74) is 2.81. The molecule has 0 amide bonds. The van der Waals surface area contributed by atoms with Crippen LogP contribution in [0.25, 0.3) is 12.2 Å². The number of thiophene rings is 2. The molecular weight excluding hydrogens is 358 g/mol. The number of ketones is 1. The summed E-state index contributed by atoms with van der Waals surface area (Å²) in [5, 5.41) is 4.15. The molecule has 1 aliphatic rings. The van der Waals surface area contributed by atoms with Gasteiger partial charge in [-0.15, -0.1) is 22.7 Å². The van der Waals surface area contributed by atoms with Crippen molar-refractivity contribution in [2.75, 3.05) is 13.1 Å². The third-order valence-electron chi connectivity index (χ3n) is 4.33. The zero-order valence-corrected chi connectivity index (χ0v) is 15.9. The average Bonchev–Trinajstić information content (AvgIpc) is 3.34. The van der Waals surface area contributed by atoms with Gasteiger partial charge in [-0.3, -0.25) is 9.69 Å². The maximum atomic E-state index is 13.0. The minimum absolute atomic E-state index is 0.171. The zero-order valence-electron chi connectivity index (χ0n) is 14.3. The molecule has 3 heterocycles. The van der Waals surface area contributed by atoms with E-state index in [4.69, 9.17) is 0 Å². The molecule has 0 unspecified atom stereocenters. The van der Waals surface area contributed by atoms with Gasteiger partial charge >= 0.3 is 0 Å². The van der Waals surface area contributed by atoms with Gasteiger partial charge in [-0.1, -0.05) is 42.5 Å². The molecule has 0 N–H and O–H groups in total. The van der Waals surface area contributed by atoms with Crippen molar-refractivity contribution in [1.29, 1.82) is 0 Å². The highest BCUT2D eigenvalue weighted by Gasteiger charge is 2.26. The van der Waals surface area contributed by atoms with Gasteiger partial charge in [0.15, 0.2) is 5.78 Å². The average molecular weight is 378 g/mol. The van der Waals surface area contributed by atoms with Crippen molar-refractivity contribution in [3.63, 3.8) is 0 Å². The monoisotopic (exact) mass is 377 g/mol. The summed E-state index contributed by atoms with van der Waals surface area (Å²) in [6, 6.07) is 18.4. The van der Waals surface area contributed by atoms with E-state index in [1.54, 1.807) is 22.7 Å². The minimum Gasteiger partial charge on any atom is -0.289 e. The Balaban J connectivity index is 1.66. The number of hydrogen-bond acceptors (Lipinski definition) is 4. The number of carbonyl (C=O) groups is 1. The quantitative estimate of drug-likeness (QED) is 0.570. The van der Waals surface area contributed by atoms with Crippen LogP contribution in [0.4, 0.5) is 0 Å². The van der Waals surface area contributed by atoms with Crippen molar-refractivity contribution in [2.24, 2.45) is 0 Å². The van der Waals surface area contributed by atoms with E-state index in [2.05, 4.69) is 28.5 Å². The highest BCUT2D eigenvalue weighted by atomic mass is 32.1. The Bertz CT molecular complexity index is 922. The van der Waals surface area contributed by atoms with Gasteiger partial charge in [0, 0.05) is 40.5 Å². The molecule has 1 aliphatic heterocycles. The maximum absolute atomic E-state index is 13.0. The van der Waals surface area contributed by atoms with Crippen molar-refractivity contribution < 1.29 is 4.79 Å². The number of benzene rings is 1. The minimum atomic E-state index is 0.171. The molecule has 0 saturated carbocycles. The lowest BCUT2D eigenvalue weighted by atomic mass is 9.95. The number of piperidine rings is 1. The van der Waals surface area contributed by atoms with Gasteiger partial charge in [-0.25, -0.2) is 0 Å². The van der Waals surface area contributed by atoms with E-state index in [9.17, 15) is 4.79 Å². The van der Waals surface area contributed by atoms with Crippen LogP contribution < -0.4 is 0 Å². The molecule has 2 aromatic heterocycles. The van der Waals surface area contributed by atoms with Crippen LogP contribution in [0, 0.1) is 0 Å². The first-order chi connectivity index (χ1) is 12.8. The van der Waals surface area contributed by atoms with E-state index in [1.807, 2.05) is 53.9 Å². The molecule has 4 heteroatoms. The largest absolute Gasteiger partial charge is 0.289 e. The Hall–Kier alpha value is -2.27. The second-order valence-electron chi connectivity index (χ2n) is 6.32. The van der Waals surface area contributed by atoms with Gasteiger partial charge in [-0.2, -0.15) is 0 Å². The van der Waals surface area contributed by atoms with E-state index in [1.165, 1.54) is 4.88 Å². The number of hydrogen-bond donors (Lipinski definition) is 0. The standard InChI is InChI=1S/C22H19NOS2/c24-22-18(12-17-6-2-1-3-7-17)14-23(16-21-9-5-11-26-21)15-19(22)13-20-8-4-10-25-20/h1-13H,14-16H2. The van der Waals surface area contributed by atoms with Gasteiger partial charge < -0.3 is 0 Å². The van der Waals surface area contributed by atoms with Crippen molar-refractivity contribution in [2.45, 2.75) is 6.54 Å². The summed E-state index contributed by atoms with van der Waals surface area (Å²) in [6.45, 7) is 2.26. The predicted octanol–water partition coefficient (Wildman–Crippen LogP) is 5.36. The van der Waals surface area contributed by atoms with Crippen molar-refractivity contribution in [1.82, 2.24) is 4.90 Å². The maximum Gasteiger partial charge on any atom is 0.187 e. The molecule has 0 spiro atoms. The zero-order chi connectivity index (χ0) is 17.8. The van der Waals surface area contributed by atoms with Gasteiger partial charge in [0.1, 0.15) is 0 Å². The number of nitrogens with zero attached hydrogens (tertiary/aromatic N) is 1. The van der Waals surface area contributed by atoms with E-state index in [-0.39, 0.29) is 5.78 Å². The topological polar surface area (TPSA) is 20.3 Å². The molecule has 1 aromatic carbocycles. The lowest BCUT2D eigenvalue weighted by molar-refractivity contribution is -0.113. The fourth-order valence-corrected chi connectivity index (χ4v) is 4.57. The molecule has 0 atom stereocenters. The van der Waals surface area contributed by atoms with Crippen molar-refractivity contribution in [3.05, 3.63) is 91.8 Å². The summed E-state index contributed by atoms with van der Waals surface area (Å²) in [6.07, 6.45) is 4.08. The van der Waals surface area contributed by atoms with E-state index in [0.29, 0.717) is 13.1 Å². The summed E-state index contributed by atoms with van der Waals surface area (Å²) in [7, 11) is 0. The molecule has 130 valence electrons. The van der Waals surface area contributed by atoms with Crippen LogP contribution in [0.3, 0.4) is 0 Å². The summed E-state index contributed by atoms with van der Waals surface area (Å²) in [4.78, 5) is 17.9. The number of carbonyl (C=O) groups excluding carboxylic acids is 1. The summed E-state index contributed by atoms with van der Waals surface area (Å²) in [5.74, 6) is 0.171. The molecule has 26 heavy (non-hydrogen) atoms. The highest BCUT2D eigenvalue weighted by Crippen LogP contribution is 2.25. The van der Waals surface area contributed by atoms with Crippen LogP contribution >= 0.6 is 22.7 Å². The van der Waals surface area contributed by atoms with Crippen LogP contribution in [-0.4, -0.2) is 23.8 Å². The Morgan fingerprint density at radius 3 is 2.27 bits per heavy atom. The molecule has 0 radical (unpaired) electrons. The van der Waals surface area contributed by atoms with Crippen LogP contribution in [0.15, 0.2) is 76.5 Å². The van der Waals surface area contributed by atoms with Crippen LogP contribution in [0.1, 0.15) is 15.3 Å². The second-order valence-corrected chi connectivity index (χ2v) is 8.33. The van der Waals surface area contributed by atoms with Gasteiger partial charge in [0.25, 0.3) is 0 Å². The lowest BCUT2D eigenvalue weighted by Crippen LogP contribution is -2.37. The fraction of sp³-hybridized carbons (Fsp3) is 0.136. The Morgan fingerprint density at radius 1 is 0.846 bits per heavy atom. The fourth-order valence-electron chi connectivity index (χ4n) is 3.14. The van der Waals surface area contributed by atoms with Crippen LogP contribution in [-0.2, 0) is 11.3 Å². The third-order valence-corrected chi connectivity index (χ3v) is 6.01.